The van der Waals surface area contributed by atoms with Crippen LogP contribution in [0.25, 0.3) is 0 Å². The molecule has 4 heteroatoms. The van der Waals surface area contributed by atoms with Crippen molar-refractivity contribution in [2.45, 2.75) is 45.6 Å². The van der Waals surface area contributed by atoms with Crippen molar-refractivity contribution in [3.63, 3.8) is 0 Å². The van der Waals surface area contributed by atoms with Gasteiger partial charge in [-0.25, -0.2) is 0 Å². The number of likely N-dealkylation sites (tertiary alicyclic amines) is 1. The van der Waals surface area contributed by atoms with Gasteiger partial charge in [-0.1, -0.05) is 20.3 Å². The number of piperidine rings is 1. The van der Waals surface area contributed by atoms with E-state index >= 15 is 0 Å². The van der Waals surface area contributed by atoms with E-state index in [1.165, 1.54) is 6.42 Å². The lowest BCUT2D eigenvalue weighted by molar-refractivity contribution is -0.144. The van der Waals surface area contributed by atoms with Crippen LogP contribution in [0.5, 0.6) is 0 Å². The normalized spacial score (nSPS) is 26.0. The van der Waals surface area contributed by atoms with Crippen LogP contribution in [0, 0.1) is 5.92 Å². The molecule has 17 heavy (non-hydrogen) atoms. The Bertz CT molecular complexity index is 217. The maximum Gasteiger partial charge on any atom is 0.307 e. The summed E-state index contributed by atoms with van der Waals surface area (Å²) in [7, 11) is 0. The van der Waals surface area contributed by atoms with Gasteiger partial charge in [-0.05, 0) is 32.4 Å². The lowest BCUT2D eigenvalue weighted by Gasteiger charge is -2.36. The summed E-state index contributed by atoms with van der Waals surface area (Å²) in [6, 6.07) is 0.349. The van der Waals surface area contributed by atoms with E-state index in [1.807, 2.05) is 0 Å². The van der Waals surface area contributed by atoms with Crippen molar-refractivity contribution in [1.82, 2.24) is 10.2 Å². The number of unbranched alkanes of at least 4 members (excludes halogenated alkanes) is 1. The highest BCUT2D eigenvalue weighted by atomic mass is 16.4. The fraction of sp³-hybridized carbons (Fsp3) is 0.923. The Morgan fingerprint density at radius 3 is 2.71 bits per heavy atom. The molecule has 0 bridgehead atoms. The minimum atomic E-state index is -0.644. The second-order valence-electron chi connectivity index (χ2n) is 5.04. The molecule has 0 saturated carbocycles. The highest BCUT2D eigenvalue weighted by molar-refractivity contribution is 5.70. The molecular formula is C13H26N2O2. The minimum absolute atomic E-state index is 0.199. The molecule has 0 aromatic rings. The molecular weight excluding hydrogens is 216 g/mol. The third-order valence-electron chi connectivity index (χ3n) is 3.39. The average Bonchev–Trinajstić information content (AvgIpc) is 2.33. The summed E-state index contributed by atoms with van der Waals surface area (Å²) in [6.07, 6.45) is 4.20. The highest BCUT2D eigenvalue weighted by Gasteiger charge is 2.30. The number of nitrogens with zero attached hydrogens (tertiary/aromatic N) is 1. The van der Waals surface area contributed by atoms with Crippen LogP contribution in [0.1, 0.15) is 39.5 Å². The summed E-state index contributed by atoms with van der Waals surface area (Å²) < 4.78 is 0. The summed E-state index contributed by atoms with van der Waals surface area (Å²) in [6.45, 7) is 8.05. The van der Waals surface area contributed by atoms with Gasteiger partial charge in [-0.15, -0.1) is 0 Å². The number of carboxylic acid groups (broad SMARTS) is 1. The van der Waals surface area contributed by atoms with E-state index in [0.717, 1.165) is 45.4 Å². The smallest absolute Gasteiger partial charge is 0.307 e. The molecule has 1 aliphatic heterocycles. The van der Waals surface area contributed by atoms with Crippen molar-refractivity contribution in [2.24, 2.45) is 5.92 Å². The van der Waals surface area contributed by atoms with Gasteiger partial charge in [0.25, 0.3) is 0 Å². The predicted octanol–water partition coefficient (Wildman–Crippen LogP) is 1.56. The van der Waals surface area contributed by atoms with Crippen LogP contribution in [-0.4, -0.2) is 48.2 Å². The number of rotatable bonds is 7. The summed E-state index contributed by atoms with van der Waals surface area (Å²) >= 11 is 0. The Labute approximate surface area is 104 Å². The first-order valence-electron chi connectivity index (χ1n) is 6.85. The molecule has 2 atom stereocenters. The minimum Gasteiger partial charge on any atom is -0.481 e. The van der Waals surface area contributed by atoms with Gasteiger partial charge in [0.05, 0.1) is 5.92 Å². The van der Waals surface area contributed by atoms with Crippen molar-refractivity contribution in [1.29, 1.82) is 0 Å². The summed E-state index contributed by atoms with van der Waals surface area (Å²) in [5.41, 5.74) is 0. The fourth-order valence-corrected chi connectivity index (χ4v) is 2.43. The molecule has 4 nitrogen and oxygen atoms in total. The molecule has 0 aromatic carbocycles. The Morgan fingerprint density at radius 1 is 1.35 bits per heavy atom. The lowest BCUT2D eigenvalue weighted by Crippen LogP contribution is -2.51. The standard InChI is InChI=1S/C13H26N2O2/c1-3-5-7-15-9-11(13(16)17)8-12(10-15)14-6-4-2/h11-12,14H,3-10H2,1-2H3,(H,16,17). The number of carboxylic acids is 1. The van der Waals surface area contributed by atoms with Gasteiger partial charge in [-0.3, -0.25) is 4.79 Å². The average molecular weight is 242 g/mol. The van der Waals surface area contributed by atoms with Crippen molar-refractivity contribution in [2.75, 3.05) is 26.2 Å². The molecule has 0 amide bonds. The zero-order valence-corrected chi connectivity index (χ0v) is 11.1. The van der Waals surface area contributed by atoms with Crippen molar-refractivity contribution in [3.05, 3.63) is 0 Å². The van der Waals surface area contributed by atoms with Crippen molar-refractivity contribution in [3.8, 4) is 0 Å². The van der Waals surface area contributed by atoms with Crippen LogP contribution >= 0.6 is 0 Å². The predicted molar refractivity (Wildman–Crippen MR) is 69.2 cm³/mol. The second kappa shape index (κ2) is 7.67. The van der Waals surface area contributed by atoms with Gasteiger partial charge in [-0.2, -0.15) is 0 Å². The molecule has 1 aliphatic rings. The summed E-state index contributed by atoms with van der Waals surface area (Å²) in [5, 5.41) is 12.6. The van der Waals surface area contributed by atoms with Gasteiger partial charge >= 0.3 is 5.97 Å². The first-order chi connectivity index (χ1) is 8.17. The summed E-state index contributed by atoms with van der Waals surface area (Å²) in [4.78, 5) is 13.4. The molecule has 0 spiro atoms. The van der Waals surface area contributed by atoms with Gasteiger partial charge in [0.2, 0.25) is 0 Å². The number of nitrogens with one attached hydrogen (secondary N) is 1. The van der Waals surface area contributed by atoms with Crippen molar-refractivity contribution < 1.29 is 9.90 Å². The van der Waals surface area contributed by atoms with E-state index in [0.29, 0.717) is 6.04 Å². The second-order valence-corrected chi connectivity index (χ2v) is 5.04. The largest absolute Gasteiger partial charge is 0.481 e. The van der Waals surface area contributed by atoms with Gasteiger partial charge in [0.1, 0.15) is 0 Å². The molecule has 1 fully saturated rings. The highest BCUT2D eigenvalue weighted by Crippen LogP contribution is 2.17. The van der Waals surface area contributed by atoms with E-state index < -0.39 is 5.97 Å². The monoisotopic (exact) mass is 242 g/mol. The Hall–Kier alpha value is -0.610. The molecule has 2 N–H and O–H groups in total. The van der Waals surface area contributed by atoms with Crippen LogP contribution in [0.15, 0.2) is 0 Å². The van der Waals surface area contributed by atoms with Crippen LogP contribution in [0.2, 0.25) is 0 Å². The SMILES string of the molecule is CCCCN1CC(NCCC)CC(C(=O)O)C1. The Kier molecular flexibility index (Phi) is 6.52. The van der Waals surface area contributed by atoms with Gasteiger partial charge in [0, 0.05) is 19.1 Å². The maximum atomic E-state index is 11.1. The van der Waals surface area contributed by atoms with Gasteiger partial charge in [0.15, 0.2) is 0 Å². The molecule has 1 rings (SSSR count). The lowest BCUT2D eigenvalue weighted by atomic mass is 9.94. The van der Waals surface area contributed by atoms with E-state index in [4.69, 9.17) is 0 Å². The number of hydrogen-bond donors (Lipinski definition) is 2. The maximum absolute atomic E-state index is 11.1. The topological polar surface area (TPSA) is 52.6 Å². The molecule has 0 aromatic heterocycles. The number of carbonyl (C=O) groups is 1. The Balaban J connectivity index is 2.46. The molecule has 0 radical (unpaired) electrons. The van der Waals surface area contributed by atoms with Crippen LogP contribution in [0.4, 0.5) is 0 Å². The van der Waals surface area contributed by atoms with Crippen LogP contribution < -0.4 is 5.32 Å². The third-order valence-corrected chi connectivity index (χ3v) is 3.39. The van der Waals surface area contributed by atoms with Crippen LogP contribution in [0.3, 0.4) is 0 Å². The number of aliphatic carboxylic acids is 1. The van der Waals surface area contributed by atoms with E-state index in [1.54, 1.807) is 0 Å². The Morgan fingerprint density at radius 2 is 2.12 bits per heavy atom. The van der Waals surface area contributed by atoms with Crippen molar-refractivity contribution >= 4 is 5.97 Å². The van der Waals surface area contributed by atoms with E-state index in [2.05, 4.69) is 24.1 Å². The fourth-order valence-electron chi connectivity index (χ4n) is 2.43. The quantitative estimate of drug-likeness (QED) is 0.711. The summed E-state index contributed by atoms with van der Waals surface area (Å²) in [5.74, 6) is -0.843. The first kappa shape index (κ1) is 14.5. The molecule has 1 heterocycles. The van der Waals surface area contributed by atoms with E-state index in [9.17, 15) is 9.90 Å². The first-order valence-corrected chi connectivity index (χ1v) is 6.85. The molecule has 0 aliphatic carbocycles. The van der Waals surface area contributed by atoms with Crippen LogP contribution in [-0.2, 0) is 4.79 Å². The zero-order chi connectivity index (χ0) is 12.7. The molecule has 2 unspecified atom stereocenters. The van der Waals surface area contributed by atoms with E-state index in [-0.39, 0.29) is 5.92 Å². The van der Waals surface area contributed by atoms with Gasteiger partial charge < -0.3 is 15.3 Å². The molecule has 1 saturated heterocycles. The zero-order valence-electron chi connectivity index (χ0n) is 11.1. The third kappa shape index (κ3) is 5.04. The molecule has 100 valence electrons. The number of hydrogen-bond acceptors (Lipinski definition) is 3.